The fourth-order valence-corrected chi connectivity index (χ4v) is 4.14. The number of hydrogen-bond acceptors (Lipinski definition) is 5. The number of thioether (sulfide) groups is 1. The van der Waals surface area contributed by atoms with Crippen LogP contribution >= 0.6 is 11.8 Å². The van der Waals surface area contributed by atoms with Crippen LogP contribution in [0.2, 0.25) is 0 Å². The summed E-state index contributed by atoms with van der Waals surface area (Å²) in [5, 5.41) is 12.5. The molecule has 6 nitrogen and oxygen atoms in total. The lowest BCUT2D eigenvalue weighted by Crippen LogP contribution is -2.34. The number of aryl methyl sites for hydroxylation is 1. The van der Waals surface area contributed by atoms with E-state index in [9.17, 15) is 4.79 Å². The highest BCUT2D eigenvalue weighted by molar-refractivity contribution is 8.00. The Hall–Kier alpha value is -2.67. The Labute approximate surface area is 169 Å². The van der Waals surface area contributed by atoms with Gasteiger partial charge in [0.15, 0.2) is 0 Å². The van der Waals surface area contributed by atoms with Crippen LogP contribution in [0.4, 0.5) is 0 Å². The maximum Gasteiger partial charge on any atom is 0.240 e. The quantitative estimate of drug-likeness (QED) is 0.566. The molecule has 0 aliphatic rings. The van der Waals surface area contributed by atoms with Crippen LogP contribution in [-0.2, 0) is 4.79 Å². The third kappa shape index (κ3) is 4.09. The molecule has 3 aromatic rings. The average Bonchev–Trinajstić information content (AvgIpc) is 3.17. The molecule has 1 unspecified atom stereocenters. The lowest BCUT2D eigenvalue weighted by atomic mass is 10.1. The van der Waals surface area contributed by atoms with Gasteiger partial charge in [0.1, 0.15) is 5.25 Å². The summed E-state index contributed by atoms with van der Waals surface area (Å²) in [5.41, 5.74) is 4.15. The molecule has 28 heavy (non-hydrogen) atoms. The molecule has 0 N–H and O–H groups in total. The third-order valence-corrected chi connectivity index (χ3v) is 6.05. The van der Waals surface area contributed by atoms with Gasteiger partial charge in [-0.25, -0.2) is 0 Å². The summed E-state index contributed by atoms with van der Waals surface area (Å²) >= 11 is 1.39. The number of likely N-dealkylation sites (N-methyl/N-ethyl adjacent to an activating group) is 1. The lowest BCUT2D eigenvalue weighted by molar-refractivity contribution is -0.130. The summed E-state index contributed by atoms with van der Waals surface area (Å²) < 4.78 is 1.72. The number of carbonyl (C=O) groups is 1. The van der Waals surface area contributed by atoms with Crippen molar-refractivity contribution in [1.82, 2.24) is 25.1 Å². The van der Waals surface area contributed by atoms with E-state index < -0.39 is 5.25 Å². The van der Waals surface area contributed by atoms with E-state index in [2.05, 4.69) is 35.4 Å². The van der Waals surface area contributed by atoms with Crippen LogP contribution in [-0.4, -0.2) is 44.1 Å². The van der Waals surface area contributed by atoms with Gasteiger partial charge in [0.2, 0.25) is 11.1 Å². The van der Waals surface area contributed by atoms with Gasteiger partial charge in [0.05, 0.1) is 5.69 Å². The molecule has 0 fully saturated rings. The standard InChI is InChI=1S/C21H25N5OS/c1-5-25(6-2)20(27)19(17-12-8-7-9-13-17)28-21-22-23-24-26(21)18-14-10-11-15(3)16(18)4/h7-14,19H,5-6H2,1-4H3. The van der Waals surface area contributed by atoms with Crippen molar-refractivity contribution in [3.05, 3.63) is 65.2 Å². The molecule has 146 valence electrons. The van der Waals surface area contributed by atoms with Crippen LogP contribution in [0.5, 0.6) is 0 Å². The number of nitrogens with zero attached hydrogens (tertiary/aromatic N) is 5. The van der Waals surface area contributed by atoms with Gasteiger partial charge >= 0.3 is 0 Å². The van der Waals surface area contributed by atoms with E-state index >= 15 is 0 Å². The number of hydrogen-bond donors (Lipinski definition) is 0. The molecular formula is C21H25N5OS. The highest BCUT2D eigenvalue weighted by atomic mass is 32.2. The van der Waals surface area contributed by atoms with Gasteiger partial charge in [0, 0.05) is 13.1 Å². The molecule has 0 bridgehead atoms. The Kier molecular flexibility index (Phi) is 6.46. The molecule has 1 heterocycles. The van der Waals surface area contributed by atoms with Crippen molar-refractivity contribution in [1.29, 1.82) is 0 Å². The van der Waals surface area contributed by atoms with Crippen molar-refractivity contribution < 1.29 is 4.79 Å². The first-order valence-electron chi connectivity index (χ1n) is 9.42. The Balaban J connectivity index is 2.00. The van der Waals surface area contributed by atoms with Crippen LogP contribution < -0.4 is 0 Å². The number of amides is 1. The second kappa shape index (κ2) is 9.01. The molecule has 0 saturated heterocycles. The molecule has 1 atom stereocenters. The van der Waals surface area contributed by atoms with Crippen molar-refractivity contribution in [3.63, 3.8) is 0 Å². The minimum Gasteiger partial charge on any atom is -0.342 e. The molecule has 0 spiro atoms. The summed E-state index contributed by atoms with van der Waals surface area (Å²) in [6.07, 6.45) is 0. The number of benzene rings is 2. The highest BCUT2D eigenvalue weighted by Gasteiger charge is 2.28. The third-order valence-electron chi connectivity index (χ3n) is 4.87. The number of carbonyl (C=O) groups excluding carboxylic acids is 1. The van der Waals surface area contributed by atoms with Crippen LogP contribution in [0, 0.1) is 13.8 Å². The Bertz CT molecular complexity index is 937. The Morgan fingerprint density at radius 1 is 1.07 bits per heavy atom. The molecule has 1 aromatic heterocycles. The van der Waals surface area contributed by atoms with E-state index in [-0.39, 0.29) is 5.91 Å². The fourth-order valence-electron chi connectivity index (χ4n) is 3.06. The summed E-state index contributed by atoms with van der Waals surface area (Å²) in [6.45, 7) is 9.44. The first-order valence-corrected chi connectivity index (χ1v) is 10.3. The van der Waals surface area contributed by atoms with Gasteiger partial charge in [-0.05, 0) is 60.9 Å². The number of aromatic nitrogens is 4. The van der Waals surface area contributed by atoms with Gasteiger partial charge < -0.3 is 4.90 Å². The zero-order chi connectivity index (χ0) is 20.1. The maximum absolute atomic E-state index is 13.2. The monoisotopic (exact) mass is 395 g/mol. The van der Waals surface area contributed by atoms with E-state index in [0.29, 0.717) is 18.2 Å². The van der Waals surface area contributed by atoms with Gasteiger partial charge in [-0.1, -0.05) is 54.2 Å². The SMILES string of the molecule is CCN(CC)C(=O)C(Sc1nnnn1-c1cccc(C)c1C)c1ccccc1. The van der Waals surface area contributed by atoms with E-state index in [1.54, 1.807) is 4.68 Å². The van der Waals surface area contributed by atoms with E-state index in [4.69, 9.17) is 0 Å². The van der Waals surface area contributed by atoms with E-state index in [1.165, 1.54) is 17.3 Å². The molecule has 0 aliphatic carbocycles. The first-order chi connectivity index (χ1) is 13.6. The lowest BCUT2D eigenvalue weighted by Gasteiger charge is -2.24. The Morgan fingerprint density at radius 2 is 1.79 bits per heavy atom. The predicted octanol–water partition coefficient (Wildman–Crippen LogP) is 3.98. The van der Waals surface area contributed by atoms with Crippen LogP contribution in [0.1, 0.15) is 35.8 Å². The van der Waals surface area contributed by atoms with Crippen LogP contribution in [0.3, 0.4) is 0 Å². The molecule has 7 heteroatoms. The van der Waals surface area contributed by atoms with Gasteiger partial charge in [0.25, 0.3) is 0 Å². The van der Waals surface area contributed by atoms with Crippen molar-refractivity contribution in [2.24, 2.45) is 0 Å². The average molecular weight is 396 g/mol. The molecule has 3 rings (SSSR count). The van der Waals surface area contributed by atoms with E-state index in [0.717, 1.165) is 16.8 Å². The molecular weight excluding hydrogens is 370 g/mol. The molecule has 1 amide bonds. The molecule has 0 radical (unpaired) electrons. The summed E-state index contributed by atoms with van der Waals surface area (Å²) in [4.78, 5) is 15.1. The second-order valence-electron chi connectivity index (χ2n) is 6.51. The van der Waals surface area contributed by atoms with E-state index in [1.807, 2.05) is 61.2 Å². The highest BCUT2D eigenvalue weighted by Crippen LogP contribution is 2.36. The molecule has 0 saturated carbocycles. The maximum atomic E-state index is 13.2. The first kappa shape index (κ1) is 20.1. The number of tetrazole rings is 1. The fraction of sp³-hybridized carbons (Fsp3) is 0.333. The van der Waals surface area contributed by atoms with Crippen LogP contribution in [0.25, 0.3) is 5.69 Å². The predicted molar refractivity (Wildman–Crippen MR) is 112 cm³/mol. The minimum absolute atomic E-state index is 0.0664. The molecule has 2 aromatic carbocycles. The summed E-state index contributed by atoms with van der Waals surface area (Å²) in [6, 6.07) is 15.9. The largest absolute Gasteiger partial charge is 0.342 e. The van der Waals surface area contributed by atoms with Crippen molar-refractivity contribution in [2.75, 3.05) is 13.1 Å². The van der Waals surface area contributed by atoms with Crippen molar-refractivity contribution >= 4 is 17.7 Å². The Morgan fingerprint density at radius 3 is 2.46 bits per heavy atom. The topological polar surface area (TPSA) is 63.9 Å². The smallest absolute Gasteiger partial charge is 0.240 e. The van der Waals surface area contributed by atoms with Crippen LogP contribution in [0.15, 0.2) is 53.7 Å². The second-order valence-corrected chi connectivity index (χ2v) is 7.58. The van der Waals surface area contributed by atoms with Crippen molar-refractivity contribution in [2.45, 2.75) is 38.1 Å². The normalized spacial score (nSPS) is 12.0. The zero-order valence-corrected chi connectivity index (χ0v) is 17.5. The minimum atomic E-state index is -0.407. The number of rotatable bonds is 7. The summed E-state index contributed by atoms with van der Waals surface area (Å²) in [5.74, 6) is 0.0664. The van der Waals surface area contributed by atoms with Gasteiger partial charge in [-0.15, -0.1) is 5.10 Å². The zero-order valence-electron chi connectivity index (χ0n) is 16.7. The van der Waals surface area contributed by atoms with Gasteiger partial charge in [-0.3, -0.25) is 4.79 Å². The summed E-state index contributed by atoms with van der Waals surface area (Å²) in [7, 11) is 0. The van der Waals surface area contributed by atoms with Gasteiger partial charge in [-0.2, -0.15) is 4.68 Å². The van der Waals surface area contributed by atoms with Crippen molar-refractivity contribution in [3.8, 4) is 5.69 Å². The molecule has 0 aliphatic heterocycles.